The summed E-state index contributed by atoms with van der Waals surface area (Å²) in [4.78, 5) is 11.9. The number of ether oxygens (including phenoxy) is 1. The van der Waals surface area contributed by atoms with E-state index in [4.69, 9.17) is 22.8 Å². The maximum absolute atomic E-state index is 11.9. The van der Waals surface area contributed by atoms with Gasteiger partial charge in [-0.05, 0) is 20.7 Å². The van der Waals surface area contributed by atoms with Crippen LogP contribution in [0.2, 0.25) is 5.02 Å². The van der Waals surface area contributed by atoms with Crippen molar-refractivity contribution in [2.24, 2.45) is 7.05 Å². The van der Waals surface area contributed by atoms with Gasteiger partial charge in [0.25, 0.3) is 0 Å². The van der Waals surface area contributed by atoms with E-state index >= 15 is 0 Å². The van der Waals surface area contributed by atoms with Crippen LogP contribution in [0.25, 0.3) is 11.3 Å². The molecule has 0 unspecified atom stereocenters. The second-order valence-corrected chi connectivity index (χ2v) is 5.55. The minimum Gasteiger partial charge on any atom is -0.481 e. The molecule has 0 bridgehead atoms. The zero-order chi connectivity index (χ0) is 14.7. The number of benzene rings is 1. The first-order valence-electron chi connectivity index (χ1n) is 5.68. The van der Waals surface area contributed by atoms with Gasteiger partial charge in [0.1, 0.15) is 12.4 Å². The van der Waals surface area contributed by atoms with Crippen molar-refractivity contribution in [1.82, 2.24) is 4.57 Å². The van der Waals surface area contributed by atoms with Crippen molar-refractivity contribution < 1.29 is 37.4 Å². The zero-order valence-electron chi connectivity index (χ0n) is 11.2. The Morgan fingerprint density at radius 2 is 2.24 bits per heavy atom. The molecule has 0 saturated heterocycles. The molecule has 21 heavy (non-hydrogen) atoms. The third-order valence-corrected chi connectivity index (χ3v) is 3.78. The van der Waals surface area contributed by atoms with E-state index in [-0.39, 0.29) is 44.9 Å². The number of terminal acetylenes is 1. The molecular formula is C15H10ClINO2Y-. The first-order valence-corrected chi connectivity index (χ1v) is 7.13. The number of aromatic nitrogens is 1. The largest absolute Gasteiger partial charge is 0.481 e. The standard InChI is InChI=1S/C15H10ClINO2.Y/c1-3-8-20-10-4-5-11(12(16)9-10)14-7-6-13(17)15(19)18(14)2;/h1,4-6,9H,8H2,2H3;/q-1;. The van der Waals surface area contributed by atoms with Crippen LogP contribution in [-0.4, -0.2) is 11.2 Å². The van der Waals surface area contributed by atoms with Gasteiger partial charge >= 0.3 is 0 Å². The Morgan fingerprint density at radius 1 is 1.52 bits per heavy atom. The zero-order valence-corrected chi connectivity index (χ0v) is 16.9. The summed E-state index contributed by atoms with van der Waals surface area (Å²) in [6.07, 6.45) is 5.13. The van der Waals surface area contributed by atoms with Gasteiger partial charge in [-0.25, -0.2) is 0 Å². The maximum atomic E-state index is 11.9. The van der Waals surface area contributed by atoms with Crippen LogP contribution in [-0.2, 0) is 39.8 Å². The van der Waals surface area contributed by atoms with E-state index in [2.05, 4.69) is 12.0 Å². The molecule has 0 saturated carbocycles. The van der Waals surface area contributed by atoms with Crippen LogP contribution < -0.4 is 10.3 Å². The minimum atomic E-state index is -0.0805. The normalized spacial score (nSPS) is 9.62. The second kappa shape index (κ2) is 8.33. The van der Waals surface area contributed by atoms with Crippen molar-refractivity contribution >= 4 is 34.2 Å². The molecule has 6 heteroatoms. The van der Waals surface area contributed by atoms with Crippen molar-refractivity contribution in [2.75, 3.05) is 6.61 Å². The van der Waals surface area contributed by atoms with E-state index in [1.807, 2.05) is 22.6 Å². The fourth-order valence-corrected chi connectivity index (χ4v) is 2.49. The molecule has 3 nitrogen and oxygen atoms in total. The van der Waals surface area contributed by atoms with Crippen LogP contribution in [0.15, 0.2) is 29.1 Å². The molecule has 2 aromatic rings. The summed E-state index contributed by atoms with van der Waals surface area (Å²) in [6.45, 7) is 0.184. The van der Waals surface area contributed by atoms with Crippen LogP contribution in [0, 0.1) is 22.0 Å². The Balaban J connectivity index is 0.00000220. The summed E-state index contributed by atoms with van der Waals surface area (Å²) in [5.74, 6) is 2.98. The molecule has 105 valence electrons. The van der Waals surface area contributed by atoms with Crippen molar-refractivity contribution in [3.8, 4) is 29.4 Å². The van der Waals surface area contributed by atoms with Gasteiger partial charge in [-0.1, -0.05) is 28.8 Å². The Morgan fingerprint density at radius 3 is 2.86 bits per heavy atom. The van der Waals surface area contributed by atoms with Crippen LogP contribution in [0.5, 0.6) is 5.75 Å². The molecule has 0 spiro atoms. The van der Waals surface area contributed by atoms with E-state index < -0.39 is 0 Å². The maximum Gasteiger partial charge on any atom is 0.207 e. The number of rotatable bonds is 3. The predicted octanol–water partition coefficient (Wildman–Crippen LogP) is 3.12. The summed E-state index contributed by atoms with van der Waals surface area (Å²) in [5, 5.41) is 0.479. The van der Waals surface area contributed by atoms with Crippen molar-refractivity contribution in [3.05, 3.63) is 49.3 Å². The molecule has 0 fully saturated rings. The van der Waals surface area contributed by atoms with Crippen LogP contribution in [0.4, 0.5) is 0 Å². The average molecular weight is 488 g/mol. The summed E-state index contributed by atoms with van der Waals surface area (Å²) in [7, 11) is 1.69. The van der Waals surface area contributed by atoms with Crippen molar-refractivity contribution in [2.45, 2.75) is 0 Å². The van der Waals surface area contributed by atoms with Crippen LogP contribution in [0.1, 0.15) is 0 Å². The van der Waals surface area contributed by atoms with E-state index in [0.29, 0.717) is 20.0 Å². The number of nitrogens with zero attached hydrogens (tertiary/aromatic N) is 1. The van der Waals surface area contributed by atoms with Crippen LogP contribution in [0.3, 0.4) is 0 Å². The van der Waals surface area contributed by atoms with E-state index in [1.54, 1.807) is 31.3 Å². The Labute approximate surface area is 167 Å². The molecule has 0 aliphatic heterocycles. The van der Waals surface area contributed by atoms with Gasteiger partial charge in [-0.2, -0.15) is 12.1 Å². The summed E-state index contributed by atoms with van der Waals surface area (Å²) in [6, 6.07) is 9.93. The third kappa shape index (κ3) is 4.32. The topological polar surface area (TPSA) is 31.2 Å². The molecular weight excluding hydrogens is 477 g/mol. The van der Waals surface area contributed by atoms with Gasteiger partial charge in [0.15, 0.2) is 0 Å². The summed E-state index contributed by atoms with van der Waals surface area (Å²) >= 11 is 8.22. The summed E-state index contributed by atoms with van der Waals surface area (Å²) < 4.78 is 7.43. The molecule has 2 rings (SSSR count). The first kappa shape index (κ1) is 18.7. The molecule has 1 aromatic heterocycles. The molecule has 0 amide bonds. The monoisotopic (exact) mass is 487 g/mol. The van der Waals surface area contributed by atoms with Crippen LogP contribution >= 0.6 is 34.2 Å². The second-order valence-electron chi connectivity index (χ2n) is 3.98. The third-order valence-electron chi connectivity index (χ3n) is 2.70. The van der Waals surface area contributed by atoms with E-state index in [1.165, 1.54) is 4.57 Å². The molecule has 0 aliphatic carbocycles. The quantitative estimate of drug-likeness (QED) is 0.379. The summed E-state index contributed by atoms with van der Waals surface area (Å²) in [5.41, 5.74) is 1.27. The fraction of sp³-hybridized carbons (Fsp3) is 0.133. The predicted molar refractivity (Wildman–Crippen MR) is 88.0 cm³/mol. The van der Waals surface area contributed by atoms with Gasteiger partial charge in [-0.15, -0.1) is 35.1 Å². The van der Waals surface area contributed by atoms with E-state index in [0.717, 1.165) is 5.56 Å². The molecule has 0 atom stereocenters. The van der Waals surface area contributed by atoms with Gasteiger partial charge in [0.05, 0.1) is 0 Å². The Bertz CT molecular complexity index is 752. The average Bonchev–Trinajstić information content (AvgIpc) is 2.44. The Kier molecular flexibility index (Phi) is 7.42. The molecule has 1 heterocycles. The number of hydrogen-bond acceptors (Lipinski definition) is 2. The molecule has 0 N–H and O–H groups in total. The fourth-order valence-electron chi connectivity index (χ4n) is 1.71. The molecule has 1 radical (unpaired) electrons. The number of halogens is 2. The number of hydrogen-bond donors (Lipinski definition) is 0. The van der Waals surface area contributed by atoms with Gasteiger partial charge in [0.2, 0.25) is 5.56 Å². The molecule has 0 aliphatic rings. The van der Waals surface area contributed by atoms with Crippen molar-refractivity contribution in [3.63, 3.8) is 0 Å². The number of pyridine rings is 1. The van der Waals surface area contributed by atoms with E-state index in [9.17, 15) is 4.79 Å². The van der Waals surface area contributed by atoms with Gasteiger partial charge in [0, 0.05) is 39.8 Å². The first-order chi connectivity index (χ1) is 9.54. The van der Waals surface area contributed by atoms with Crippen molar-refractivity contribution in [1.29, 1.82) is 0 Å². The van der Waals surface area contributed by atoms with Gasteiger partial charge in [-0.3, -0.25) is 4.79 Å². The smallest absolute Gasteiger partial charge is 0.207 e. The SMILES string of the molecule is C#CCOc1ccc(-c2[c-]cc(I)c(=O)n2C)c(Cl)c1.[Y]. The minimum absolute atomic E-state index is 0. The molecule has 1 aromatic carbocycles. The van der Waals surface area contributed by atoms with Gasteiger partial charge < -0.3 is 9.30 Å². The Hall–Kier alpha value is -0.346.